The van der Waals surface area contributed by atoms with Crippen LogP contribution in [0.15, 0.2) is 24.3 Å². The zero-order valence-electron chi connectivity index (χ0n) is 9.08. The van der Waals surface area contributed by atoms with Gasteiger partial charge in [-0.05, 0) is 17.7 Å². The summed E-state index contributed by atoms with van der Waals surface area (Å²) < 4.78 is 0. The highest BCUT2D eigenvalue weighted by Crippen LogP contribution is 2.19. The van der Waals surface area contributed by atoms with Crippen LogP contribution in [0.4, 0.5) is 5.69 Å². The number of amides is 2. The number of hydrogen-bond donors (Lipinski definition) is 2. The lowest BCUT2D eigenvalue weighted by atomic mass is 10.2. The Morgan fingerprint density at radius 3 is 2.12 bits per heavy atom. The first-order valence-corrected chi connectivity index (χ1v) is 5.21. The van der Waals surface area contributed by atoms with Crippen molar-refractivity contribution in [3.05, 3.63) is 29.8 Å². The van der Waals surface area contributed by atoms with Gasteiger partial charge in [-0.1, -0.05) is 23.7 Å². The molecule has 0 fully saturated rings. The minimum Gasteiger partial charge on any atom is -0.336 e. The molecule has 0 heterocycles. The van der Waals surface area contributed by atoms with Gasteiger partial charge < -0.3 is 10.6 Å². The lowest BCUT2D eigenvalue weighted by Crippen LogP contribution is -2.21. The van der Waals surface area contributed by atoms with Gasteiger partial charge in [0, 0.05) is 19.5 Å². The topological polar surface area (TPSA) is 58.2 Å². The Morgan fingerprint density at radius 1 is 1.12 bits per heavy atom. The van der Waals surface area contributed by atoms with Gasteiger partial charge in [0.15, 0.2) is 0 Å². The van der Waals surface area contributed by atoms with E-state index in [4.69, 9.17) is 11.6 Å². The summed E-state index contributed by atoms with van der Waals surface area (Å²) in [7, 11) is 0. The molecule has 86 valence electrons. The molecule has 16 heavy (non-hydrogen) atoms. The van der Waals surface area contributed by atoms with Crippen molar-refractivity contribution in [2.45, 2.75) is 19.3 Å². The van der Waals surface area contributed by atoms with E-state index in [1.165, 1.54) is 13.8 Å². The molecule has 1 unspecified atom stereocenters. The molecule has 0 saturated carbocycles. The first-order valence-electron chi connectivity index (χ1n) is 4.78. The van der Waals surface area contributed by atoms with Gasteiger partial charge >= 0.3 is 0 Å². The van der Waals surface area contributed by atoms with Crippen LogP contribution >= 0.6 is 11.6 Å². The zero-order chi connectivity index (χ0) is 12.1. The van der Waals surface area contributed by atoms with E-state index in [-0.39, 0.29) is 11.8 Å². The molecule has 0 aliphatic rings. The van der Waals surface area contributed by atoms with Gasteiger partial charge in [-0.2, -0.15) is 0 Å². The minimum atomic E-state index is -0.552. The lowest BCUT2D eigenvalue weighted by Gasteiger charge is -2.11. The predicted octanol–water partition coefficient (Wildman–Crippen LogP) is 2.02. The van der Waals surface area contributed by atoms with Crippen molar-refractivity contribution in [3.63, 3.8) is 0 Å². The maximum absolute atomic E-state index is 10.8. The number of alkyl halides is 1. The van der Waals surface area contributed by atoms with Gasteiger partial charge in [0.1, 0.15) is 5.50 Å². The quantitative estimate of drug-likeness (QED) is 0.627. The SMILES string of the molecule is CC(=O)Nc1ccc(C(Cl)NC(C)=O)cc1. The Hall–Kier alpha value is -1.55. The van der Waals surface area contributed by atoms with Gasteiger partial charge in [-0.3, -0.25) is 9.59 Å². The second kappa shape index (κ2) is 5.51. The van der Waals surface area contributed by atoms with Crippen LogP contribution in [0, 0.1) is 0 Å². The first kappa shape index (κ1) is 12.5. The molecule has 0 bridgehead atoms. The molecule has 2 amide bonds. The third-order valence-corrected chi connectivity index (χ3v) is 2.21. The lowest BCUT2D eigenvalue weighted by molar-refractivity contribution is -0.119. The highest BCUT2D eigenvalue weighted by atomic mass is 35.5. The highest BCUT2D eigenvalue weighted by molar-refractivity contribution is 6.21. The fourth-order valence-corrected chi connectivity index (χ4v) is 1.50. The van der Waals surface area contributed by atoms with Crippen LogP contribution in [0.1, 0.15) is 24.9 Å². The van der Waals surface area contributed by atoms with E-state index >= 15 is 0 Å². The van der Waals surface area contributed by atoms with Gasteiger partial charge in [-0.25, -0.2) is 0 Å². The van der Waals surface area contributed by atoms with E-state index in [1.54, 1.807) is 24.3 Å². The molecule has 1 aromatic rings. The Balaban J connectivity index is 2.70. The van der Waals surface area contributed by atoms with Crippen molar-refractivity contribution >= 4 is 29.1 Å². The number of rotatable bonds is 3. The summed E-state index contributed by atoms with van der Waals surface area (Å²) in [6, 6.07) is 6.96. The number of carbonyl (C=O) groups is 2. The van der Waals surface area contributed by atoms with Crippen molar-refractivity contribution in [1.82, 2.24) is 5.32 Å². The van der Waals surface area contributed by atoms with Crippen LogP contribution in [-0.4, -0.2) is 11.8 Å². The van der Waals surface area contributed by atoms with Gasteiger partial charge in [-0.15, -0.1) is 0 Å². The Kier molecular flexibility index (Phi) is 4.31. The van der Waals surface area contributed by atoms with Gasteiger partial charge in [0.25, 0.3) is 0 Å². The number of halogens is 1. The summed E-state index contributed by atoms with van der Waals surface area (Å²) in [6.45, 7) is 2.84. The van der Waals surface area contributed by atoms with Crippen molar-refractivity contribution < 1.29 is 9.59 Å². The first-order chi connectivity index (χ1) is 7.49. The number of benzene rings is 1. The van der Waals surface area contributed by atoms with Gasteiger partial charge in [0.2, 0.25) is 11.8 Å². The van der Waals surface area contributed by atoms with Crippen LogP contribution in [0.3, 0.4) is 0 Å². The van der Waals surface area contributed by atoms with Crippen LogP contribution < -0.4 is 10.6 Å². The largest absolute Gasteiger partial charge is 0.336 e. The van der Waals surface area contributed by atoms with E-state index < -0.39 is 5.50 Å². The molecule has 0 radical (unpaired) electrons. The van der Waals surface area contributed by atoms with Crippen molar-refractivity contribution in [1.29, 1.82) is 0 Å². The summed E-state index contributed by atoms with van der Waals surface area (Å²) in [5, 5.41) is 5.20. The Morgan fingerprint density at radius 2 is 1.69 bits per heavy atom. The molecule has 0 aromatic heterocycles. The third-order valence-electron chi connectivity index (χ3n) is 1.85. The Labute approximate surface area is 99.0 Å². The fraction of sp³-hybridized carbons (Fsp3) is 0.273. The van der Waals surface area contributed by atoms with Gasteiger partial charge in [0.05, 0.1) is 0 Å². The minimum absolute atomic E-state index is 0.128. The maximum atomic E-state index is 10.8. The molecule has 1 rings (SSSR count). The molecule has 4 nitrogen and oxygen atoms in total. The van der Waals surface area contributed by atoms with E-state index in [0.29, 0.717) is 5.69 Å². The summed E-state index contributed by atoms with van der Waals surface area (Å²) in [5.74, 6) is -0.317. The normalized spacial score (nSPS) is 11.7. The molecule has 0 saturated heterocycles. The van der Waals surface area contributed by atoms with Crippen LogP contribution in [0.5, 0.6) is 0 Å². The van der Waals surface area contributed by atoms with E-state index in [0.717, 1.165) is 5.56 Å². The number of hydrogen-bond acceptors (Lipinski definition) is 2. The molecule has 0 aliphatic heterocycles. The molecule has 0 aliphatic carbocycles. The summed E-state index contributed by atoms with van der Waals surface area (Å²) in [5.41, 5.74) is 0.915. The molecule has 1 aromatic carbocycles. The average Bonchev–Trinajstić information content (AvgIpc) is 2.16. The summed E-state index contributed by atoms with van der Waals surface area (Å²) in [4.78, 5) is 21.6. The van der Waals surface area contributed by atoms with Crippen molar-refractivity contribution in [3.8, 4) is 0 Å². The molecule has 1 atom stereocenters. The molecular formula is C11H13ClN2O2. The smallest absolute Gasteiger partial charge is 0.221 e. The van der Waals surface area contributed by atoms with Crippen molar-refractivity contribution in [2.75, 3.05) is 5.32 Å². The third kappa shape index (κ3) is 3.90. The monoisotopic (exact) mass is 240 g/mol. The highest BCUT2D eigenvalue weighted by Gasteiger charge is 2.08. The van der Waals surface area contributed by atoms with E-state index in [1.807, 2.05) is 0 Å². The fourth-order valence-electron chi connectivity index (χ4n) is 1.20. The summed E-state index contributed by atoms with van der Waals surface area (Å²) >= 11 is 5.94. The maximum Gasteiger partial charge on any atom is 0.221 e. The average molecular weight is 241 g/mol. The molecule has 5 heteroatoms. The predicted molar refractivity (Wildman–Crippen MR) is 63.2 cm³/mol. The number of anilines is 1. The zero-order valence-corrected chi connectivity index (χ0v) is 9.84. The van der Waals surface area contributed by atoms with Crippen LogP contribution in [-0.2, 0) is 9.59 Å². The summed E-state index contributed by atoms with van der Waals surface area (Å²) in [6.07, 6.45) is 0. The second-order valence-corrected chi connectivity index (χ2v) is 3.80. The number of carbonyl (C=O) groups excluding carboxylic acids is 2. The van der Waals surface area contributed by atoms with Crippen LogP contribution in [0.25, 0.3) is 0 Å². The molecular weight excluding hydrogens is 228 g/mol. The molecule has 0 spiro atoms. The van der Waals surface area contributed by atoms with Crippen molar-refractivity contribution in [2.24, 2.45) is 0 Å². The number of nitrogens with one attached hydrogen (secondary N) is 2. The standard InChI is InChI=1S/C11H13ClN2O2/c1-7(15)13-10-5-3-9(4-6-10)11(12)14-8(2)16/h3-6,11H,1-2H3,(H,13,15)(H,14,16). The van der Waals surface area contributed by atoms with E-state index in [2.05, 4.69) is 10.6 Å². The van der Waals surface area contributed by atoms with E-state index in [9.17, 15) is 9.59 Å². The second-order valence-electron chi connectivity index (χ2n) is 3.37. The Bertz CT molecular complexity index is 389. The van der Waals surface area contributed by atoms with Crippen LogP contribution in [0.2, 0.25) is 0 Å². The molecule has 2 N–H and O–H groups in total.